The molecule has 3 atom stereocenters. The Hall–Kier alpha value is -1.81. The Morgan fingerprint density at radius 1 is 0.406 bits per heavy atom. The van der Waals surface area contributed by atoms with Crippen LogP contribution in [0.3, 0.4) is 0 Å². The number of carbonyl (C=O) groups excluding carboxylic acids is 6. The fourth-order valence-electron chi connectivity index (χ4n) is 4.20. The Balaban J connectivity index is -0.000000107. The van der Waals surface area contributed by atoms with Crippen LogP contribution in [0.15, 0.2) is 0 Å². The fourth-order valence-corrected chi connectivity index (χ4v) is 6.62. The summed E-state index contributed by atoms with van der Waals surface area (Å²) >= 11 is 0. The predicted octanol–water partition coefficient (Wildman–Crippen LogP) is -17.2. The van der Waals surface area contributed by atoms with E-state index >= 15 is 0 Å². The van der Waals surface area contributed by atoms with Gasteiger partial charge in [0.15, 0.2) is 0 Å². The van der Waals surface area contributed by atoms with Gasteiger partial charge >= 0.3 is 77.6 Å². The van der Waals surface area contributed by atoms with Crippen molar-refractivity contribution in [1.82, 2.24) is 14.7 Å². The molecule has 3 unspecified atom stereocenters. The summed E-state index contributed by atoms with van der Waals surface area (Å²) in [7, 11) is -7.41. The molecule has 39 heteroatoms. The third-order valence-corrected chi connectivity index (χ3v) is 12.4. The number of ether oxygens (including phenoxy) is 3. The first-order valence-electron chi connectivity index (χ1n) is 18.2. The average Bonchev–Trinajstić information content (AvgIpc) is 3.15. The third kappa shape index (κ3) is 55.4. The number of aliphatic hydroxyl groups is 3. The van der Waals surface area contributed by atoms with Crippen LogP contribution in [0.4, 0.5) is 0 Å². The molecule has 0 heterocycles. The minimum Gasteiger partial charge on any atom is -0.549 e. The molecule has 69 heavy (non-hydrogen) atoms. The van der Waals surface area contributed by atoms with Gasteiger partial charge in [-0.3, -0.25) is 14.7 Å². The number of carbonyl (C=O) groups is 6. The molecule has 0 bridgehead atoms. The summed E-state index contributed by atoms with van der Waals surface area (Å²) in [5, 5.41) is 91.4. The molecule has 0 spiro atoms. The molecule has 0 aliphatic heterocycles. The number of hydrogen-bond donors (Lipinski definition) is 9. The molecule has 0 saturated heterocycles. The SMILES string of the molecule is CO[Si](O)(O)CCCOCC(O)N(CC(=O)[O-])CC(=O)[O-].CO[Si](O)(O)CCCOCC(O)N(CC(=O)[O-])CC(=O)[O-].CO[Si](O)(O)CCCOCC(O)N(CC(=O)[O-])CC(=O)[O-].O.O.O.[Cu+2].[Cu+2].[Cu+2]. The number of rotatable bonds is 36. The molecule has 423 valence electrons. The second kappa shape index (κ2) is 48.5. The van der Waals surface area contributed by atoms with Gasteiger partial charge in [0.2, 0.25) is 0 Å². The van der Waals surface area contributed by atoms with Crippen molar-refractivity contribution in [3.8, 4) is 0 Å². The molecule has 0 aromatic rings. The summed E-state index contributed by atoms with van der Waals surface area (Å²) in [6, 6.07) is 0.00417. The van der Waals surface area contributed by atoms with E-state index in [1.807, 2.05) is 0 Å². The molecular formula is C30H63Cu3N3O30Si3. The molecule has 15 N–H and O–H groups in total. The van der Waals surface area contributed by atoms with Crippen LogP contribution in [0.1, 0.15) is 19.3 Å². The maximum absolute atomic E-state index is 10.4. The second-order valence-corrected chi connectivity index (χ2v) is 19.9. The number of carboxylic acid groups (broad SMARTS) is 6. The number of nitrogens with zero attached hydrogens (tertiary/aromatic N) is 3. The molecule has 33 nitrogen and oxygen atoms in total. The first-order chi connectivity index (χ1) is 29.0. The minimum atomic E-state index is -3.64. The molecule has 0 aromatic heterocycles. The van der Waals surface area contributed by atoms with Crippen LogP contribution >= 0.6 is 0 Å². The summed E-state index contributed by atoms with van der Waals surface area (Å²) in [4.78, 5) is 120. The van der Waals surface area contributed by atoms with Crippen molar-refractivity contribution >= 4 is 62.2 Å². The molecule has 0 saturated carbocycles. The third-order valence-electron chi connectivity index (χ3n) is 7.41. The van der Waals surface area contributed by atoms with Gasteiger partial charge in [0.1, 0.15) is 18.7 Å². The van der Waals surface area contributed by atoms with Crippen molar-refractivity contribution in [3.05, 3.63) is 0 Å². The Bertz CT molecular complexity index is 1140. The van der Waals surface area contributed by atoms with Gasteiger partial charge in [-0.2, -0.15) is 0 Å². The molecule has 0 rings (SSSR count). The minimum absolute atomic E-state index is 0. The van der Waals surface area contributed by atoms with Crippen LogP contribution in [-0.4, -0.2) is 256 Å². The van der Waals surface area contributed by atoms with Crippen molar-refractivity contribution in [2.24, 2.45) is 0 Å². The summed E-state index contributed by atoms with van der Waals surface area (Å²) in [5.74, 6) is -9.30. The van der Waals surface area contributed by atoms with Crippen molar-refractivity contribution in [1.29, 1.82) is 0 Å². The van der Waals surface area contributed by atoms with Crippen LogP contribution in [0.5, 0.6) is 0 Å². The van der Waals surface area contributed by atoms with Gasteiger partial charge in [0.25, 0.3) is 0 Å². The van der Waals surface area contributed by atoms with E-state index in [1.54, 1.807) is 0 Å². The van der Waals surface area contributed by atoms with Crippen LogP contribution in [-0.2, 0) is 107 Å². The number of aliphatic carboxylic acids is 6. The molecule has 0 amide bonds. The van der Waals surface area contributed by atoms with Gasteiger partial charge in [0.05, 0.1) is 55.6 Å². The van der Waals surface area contributed by atoms with Crippen LogP contribution in [0, 0.1) is 0 Å². The predicted molar refractivity (Wildman–Crippen MR) is 206 cm³/mol. The first kappa shape index (κ1) is 86.9. The number of hydrogen-bond acceptors (Lipinski definition) is 30. The molecule has 0 aliphatic rings. The maximum Gasteiger partial charge on any atom is 2.00 e. The smallest absolute Gasteiger partial charge is 0.549 e. The Morgan fingerprint density at radius 3 is 0.696 bits per heavy atom. The Labute approximate surface area is 430 Å². The number of aliphatic hydroxyl groups excluding tert-OH is 3. The van der Waals surface area contributed by atoms with Gasteiger partial charge in [0, 0.05) is 98.6 Å². The van der Waals surface area contributed by atoms with E-state index in [-0.39, 0.29) is 145 Å². The zero-order valence-corrected chi connectivity index (χ0v) is 42.9. The van der Waals surface area contributed by atoms with Crippen molar-refractivity contribution in [3.63, 3.8) is 0 Å². The number of carboxylic acids is 6. The maximum atomic E-state index is 10.4. The normalized spacial score (nSPS) is 12.2. The van der Waals surface area contributed by atoms with Crippen molar-refractivity contribution in [2.75, 3.05) is 100 Å². The molecule has 3 radical (unpaired) electrons. The quantitative estimate of drug-likeness (QED) is 0.0160. The van der Waals surface area contributed by atoms with Gasteiger partial charge in [-0.1, -0.05) is 0 Å². The van der Waals surface area contributed by atoms with Crippen LogP contribution in [0.25, 0.3) is 0 Å². The zero-order chi connectivity index (χ0) is 49.4. The average molecular weight is 1220 g/mol. The van der Waals surface area contributed by atoms with E-state index < -0.39 is 120 Å². The van der Waals surface area contributed by atoms with Crippen LogP contribution < -0.4 is 30.6 Å². The van der Waals surface area contributed by atoms with E-state index in [2.05, 4.69) is 13.3 Å². The topological polar surface area (TPSA) is 582 Å². The van der Waals surface area contributed by atoms with E-state index in [4.69, 9.17) is 14.2 Å². The van der Waals surface area contributed by atoms with Crippen molar-refractivity contribution in [2.45, 2.75) is 56.1 Å². The molecule has 0 aliphatic carbocycles. The summed E-state index contributed by atoms with van der Waals surface area (Å²) < 4.78 is 28.5. The first-order valence-corrected chi connectivity index (χ1v) is 24.2. The Kier molecular flexibility index (Phi) is 61.1. The van der Waals surface area contributed by atoms with Gasteiger partial charge < -0.3 is 147 Å². The van der Waals surface area contributed by atoms with E-state index in [0.717, 1.165) is 0 Å². The van der Waals surface area contributed by atoms with Gasteiger partial charge in [-0.15, -0.1) is 0 Å². The van der Waals surface area contributed by atoms with Gasteiger partial charge in [-0.25, -0.2) is 0 Å². The second-order valence-electron chi connectivity index (χ2n) is 12.8. The van der Waals surface area contributed by atoms with E-state index in [1.165, 1.54) is 21.3 Å². The van der Waals surface area contributed by atoms with Gasteiger partial charge in [-0.05, 0) is 19.3 Å². The summed E-state index contributed by atoms with van der Waals surface area (Å²) in [6.07, 6.45) is -3.64. The zero-order valence-electron chi connectivity index (χ0n) is 37.1. The van der Waals surface area contributed by atoms with E-state index in [9.17, 15) is 103 Å². The van der Waals surface area contributed by atoms with Crippen molar-refractivity contribution < 1.29 is 199 Å². The van der Waals surface area contributed by atoms with Crippen LogP contribution in [0.2, 0.25) is 18.1 Å². The summed E-state index contributed by atoms with van der Waals surface area (Å²) in [6.45, 7) is -5.59. The Morgan fingerprint density at radius 2 is 0.565 bits per heavy atom. The molecular weight excluding hydrogens is 1160 g/mol. The standard InChI is InChI=1S/3C10H21NO9Si.3Cu.3H2O/c3*1-19-21(17,18)4-2-3-20-7-8(12)11(5-9(13)14)6-10(15)16;;;;;;/h3*8,12,17-18H,2-7H2,1H3,(H,13,14)(H,15,16);;;;3*1H2/q;;;3*+2;;;/p-6. The largest absolute Gasteiger partial charge is 2.00 e. The monoisotopic (exact) mass is 1220 g/mol. The fraction of sp³-hybridized carbons (Fsp3) is 0.800. The summed E-state index contributed by atoms with van der Waals surface area (Å²) in [5.41, 5.74) is 0. The van der Waals surface area contributed by atoms with E-state index in [0.29, 0.717) is 14.7 Å². The molecule has 0 aromatic carbocycles. The molecule has 0 fully saturated rings.